The van der Waals surface area contributed by atoms with E-state index >= 15 is 0 Å². The number of rotatable bonds is 5. The molecule has 0 spiro atoms. The summed E-state index contributed by atoms with van der Waals surface area (Å²) in [5.74, 6) is 0. The molecule has 1 atom stereocenters. The highest BCUT2D eigenvalue weighted by molar-refractivity contribution is 7.89. The lowest BCUT2D eigenvalue weighted by Gasteiger charge is -2.19. The molecule has 0 amide bonds. The zero-order valence-corrected chi connectivity index (χ0v) is 15.3. The Balaban J connectivity index is 1.75. The van der Waals surface area contributed by atoms with Crippen LogP contribution in [0.25, 0.3) is 10.8 Å². The van der Waals surface area contributed by atoms with Gasteiger partial charge in [-0.1, -0.05) is 66.7 Å². The summed E-state index contributed by atoms with van der Waals surface area (Å²) in [7, 11) is -3.74. The average molecular weight is 374 g/mol. The highest BCUT2D eigenvalue weighted by Gasteiger charge is 2.23. The molecule has 27 heavy (non-hydrogen) atoms. The quantitative estimate of drug-likeness (QED) is 0.566. The molecule has 134 valence electrons. The van der Waals surface area contributed by atoms with Gasteiger partial charge in [-0.15, -0.1) is 0 Å². The molecule has 0 saturated carbocycles. The zero-order chi connectivity index (χ0) is 18.7. The maximum Gasteiger partial charge on any atom is 0.241 e. The largest absolute Gasteiger partial charge is 0.259 e. The van der Waals surface area contributed by atoms with Crippen LogP contribution in [0.5, 0.6) is 0 Å². The summed E-state index contributed by atoms with van der Waals surface area (Å²) in [6, 6.07) is 27.2. The van der Waals surface area contributed by atoms with E-state index in [4.69, 9.17) is 0 Å². The number of pyridine rings is 1. The summed E-state index contributed by atoms with van der Waals surface area (Å²) in [5, 5.41) is 1.88. The molecule has 1 aromatic heterocycles. The second-order valence-corrected chi connectivity index (χ2v) is 7.94. The number of sulfonamides is 1. The molecule has 1 unspecified atom stereocenters. The van der Waals surface area contributed by atoms with E-state index in [1.54, 1.807) is 18.3 Å². The Hall–Kier alpha value is -3.02. The minimum atomic E-state index is -3.74. The van der Waals surface area contributed by atoms with E-state index in [9.17, 15) is 8.42 Å². The first-order valence-corrected chi connectivity index (χ1v) is 10.1. The molecule has 0 bridgehead atoms. The number of benzene rings is 3. The maximum absolute atomic E-state index is 13.1. The van der Waals surface area contributed by atoms with Crippen molar-refractivity contribution in [1.82, 2.24) is 9.71 Å². The summed E-state index contributed by atoms with van der Waals surface area (Å²) in [6.45, 7) is 0. The van der Waals surface area contributed by atoms with Gasteiger partial charge in [-0.3, -0.25) is 4.98 Å². The molecule has 4 aromatic rings. The molecular weight excluding hydrogens is 356 g/mol. The van der Waals surface area contributed by atoms with E-state index in [-0.39, 0.29) is 4.90 Å². The Kier molecular flexibility index (Phi) is 4.71. The molecule has 5 heteroatoms. The van der Waals surface area contributed by atoms with Crippen LogP contribution in [0.1, 0.15) is 17.3 Å². The van der Waals surface area contributed by atoms with Crippen LogP contribution >= 0.6 is 0 Å². The summed E-state index contributed by atoms with van der Waals surface area (Å²) >= 11 is 0. The van der Waals surface area contributed by atoms with Crippen LogP contribution in [0.2, 0.25) is 0 Å². The van der Waals surface area contributed by atoms with Crippen LogP contribution in [0.15, 0.2) is 102 Å². The predicted molar refractivity (Wildman–Crippen MR) is 107 cm³/mol. The molecule has 1 heterocycles. The van der Waals surface area contributed by atoms with Gasteiger partial charge in [0.2, 0.25) is 10.0 Å². The van der Waals surface area contributed by atoms with Gasteiger partial charge >= 0.3 is 0 Å². The Morgan fingerprint density at radius 1 is 0.741 bits per heavy atom. The Labute approximate surface area is 158 Å². The smallest absolute Gasteiger partial charge is 0.241 e. The van der Waals surface area contributed by atoms with Gasteiger partial charge in [-0.05, 0) is 40.6 Å². The van der Waals surface area contributed by atoms with E-state index in [1.165, 1.54) is 0 Å². The fourth-order valence-electron chi connectivity index (χ4n) is 3.05. The summed E-state index contributed by atoms with van der Waals surface area (Å²) < 4.78 is 29.0. The van der Waals surface area contributed by atoms with E-state index in [0.717, 1.165) is 16.3 Å². The Morgan fingerprint density at radius 2 is 1.44 bits per heavy atom. The highest BCUT2D eigenvalue weighted by Crippen LogP contribution is 2.24. The number of nitrogens with one attached hydrogen (secondary N) is 1. The number of fused-ring (bicyclic) bond motifs is 1. The van der Waals surface area contributed by atoms with Gasteiger partial charge in [0.25, 0.3) is 0 Å². The van der Waals surface area contributed by atoms with Crippen LogP contribution in [0.3, 0.4) is 0 Å². The lowest BCUT2D eigenvalue weighted by molar-refractivity contribution is 0.570. The molecule has 0 aliphatic heterocycles. The van der Waals surface area contributed by atoms with Crippen molar-refractivity contribution in [3.63, 3.8) is 0 Å². The molecule has 4 nitrogen and oxygen atoms in total. The molecule has 0 fully saturated rings. The van der Waals surface area contributed by atoms with Crippen LogP contribution in [0, 0.1) is 0 Å². The summed E-state index contributed by atoms with van der Waals surface area (Å²) in [5.41, 5.74) is 1.48. The minimum absolute atomic E-state index is 0.234. The molecule has 0 aliphatic carbocycles. The van der Waals surface area contributed by atoms with Crippen LogP contribution in [-0.4, -0.2) is 13.4 Å². The molecule has 1 N–H and O–H groups in total. The summed E-state index contributed by atoms with van der Waals surface area (Å²) in [4.78, 5) is 4.59. The van der Waals surface area contributed by atoms with Gasteiger partial charge < -0.3 is 0 Å². The Bertz CT molecular complexity index is 1120. The van der Waals surface area contributed by atoms with Crippen molar-refractivity contribution >= 4 is 20.8 Å². The molecule has 4 rings (SSSR count). The third kappa shape index (κ3) is 3.74. The molecule has 0 aliphatic rings. The highest BCUT2D eigenvalue weighted by atomic mass is 32.2. The van der Waals surface area contributed by atoms with E-state index < -0.39 is 16.1 Å². The van der Waals surface area contributed by atoms with Crippen LogP contribution in [0.4, 0.5) is 0 Å². The van der Waals surface area contributed by atoms with Gasteiger partial charge in [-0.2, -0.15) is 4.72 Å². The average Bonchev–Trinajstić information content (AvgIpc) is 2.73. The van der Waals surface area contributed by atoms with Crippen LogP contribution in [-0.2, 0) is 10.0 Å². The van der Waals surface area contributed by atoms with Crippen molar-refractivity contribution in [3.8, 4) is 0 Å². The monoisotopic (exact) mass is 374 g/mol. The first kappa shape index (κ1) is 17.4. The van der Waals surface area contributed by atoms with Crippen molar-refractivity contribution < 1.29 is 8.42 Å². The summed E-state index contributed by atoms with van der Waals surface area (Å²) in [6.07, 6.45) is 1.66. The number of nitrogens with zero attached hydrogens (tertiary/aromatic N) is 1. The van der Waals surface area contributed by atoms with Gasteiger partial charge in [0.05, 0.1) is 16.6 Å². The topological polar surface area (TPSA) is 59.1 Å². The van der Waals surface area contributed by atoms with Crippen molar-refractivity contribution in [2.24, 2.45) is 0 Å². The lowest BCUT2D eigenvalue weighted by atomic mass is 10.0. The van der Waals surface area contributed by atoms with E-state index in [0.29, 0.717) is 5.69 Å². The fourth-order valence-corrected chi connectivity index (χ4v) is 4.28. The molecular formula is C22H18N2O2S. The van der Waals surface area contributed by atoms with Crippen molar-refractivity contribution in [2.45, 2.75) is 10.9 Å². The first-order valence-electron chi connectivity index (χ1n) is 8.60. The minimum Gasteiger partial charge on any atom is -0.259 e. The predicted octanol–water partition coefficient (Wildman–Crippen LogP) is 4.30. The molecule has 0 saturated heterocycles. The maximum atomic E-state index is 13.1. The second-order valence-electron chi connectivity index (χ2n) is 6.23. The van der Waals surface area contributed by atoms with E-state index in [1.807, 2.05) is 78.9 Å². The van der Waals surface area contributed by atoms with Gasteiger partial charge in [-0.25, -0.2) is 8.42 Å². The van der Waals surface area contributed by atoms with Gasteiger partial charge in [0.1, 0.15) is 0 Å². The third-order valence-corrected chi connectivity index (χ3v) is 5.84. The SMILES string of the molecule is O=S(=O)(NC(c1ccccc1)c1ccccn1)c1ccc2ccccc2c1. The lowest BCUT2D eigenvalue weighted by Crippen LogP contribution is -2.30. The third-order valence-electron chi connectivity index (χ3n) is 4.42. The van der Waals surface area contributed by atoms with Crippen molar-refractivity contribution in [3.05, 3.63) is 108 Å². The number of hydrogen-bond acceptors (Lipinski definition) is 3. The van der Waals surface area contributed by atoms with Gasteiger partial charge in [0.15, 0.2) is 0 Å². The van der Waals surface area contributed by atoms with Gasteiger partial charge in [0, 0.05) is 6.20 Å². The first-order chi connectivity index (χ1) is 13.1. The molecule has 3 aromatic carbocycles. The molecule has 0 radical (unpaired) electrons. The second kappa shape index (κ2) is 7.31. The van der Waals surface area contributed by atoms with E-state index in [2.05, 4.69) is 9.71 Å². The number of hydrogen-bond donors (Lipinski definition) is 1. The van der Waals surface area contributed by atoms with Crippen LogP contribution < -0.4 is 4.72 Å². The zero-order valence-electron chi connectivity index (χ0n) is 14.5. The standard InChI is InChI=1S/C22H18N2O2S/c25-27(26,20-14-13-17-8-4-5-11-19(17)16-20)24-22(18-9-2-1-3-10-18)21-12-6-7-15-23-21/h1-16,22,24H. The normalized spacial score (nSPS) is 12.7. The van der Waals surface area contributed by atoms with Crippen molar-refractivity contribution in [1.29, 1.82) is 0 Å². The van der Waals surface area contributed by atoms with Crippen molar-refractivity contribution in [2.75, 3.05) is 0 Å². The number of aromatic nitrogens is 1. The fraction of sp³-hybridized carbons (Fsp3) is 0.0455. The Morgan fingerprint density at radius 3 is 2.19 bits per heavy atom.